The highest BCUT2D eigenvalue weighted by molar-refractivity contribution is 8.14. The molecule has 0 saturated carbocycles. The zero-order chi connectivity index (χ0) is 19.1. The lowest BCUT2D eigenvalue weighted by atomic mass is 10.00. The van der Waals surface area contributed by atoms with E-state index in [1.54, 1.807) is 23.9 Å². The first-order chi connectivity index (χ1) is 13.1. The van der Waals surface area contributed by atoms with Gasteiger partial charge in [0.2, 0.25) is 0 Å². The van der Waals surface area contributed by atoms with Crippen LogP contribution < -0.4 is 5.32 Å². The van der Waals surface area contributed by atoms with Gasteiger partial charge in [-0.25, -0.2) is 4.39 Å². The number of nitrogens with zero attached hydrogens (tertiary/aromatic N) is 1. The standard InChI is InChI=1S/C22H29FN2OS/c1-3-17-6-4-5-7-20(12-17)26-14-22-25-19(15-27-22)10-11-24-21-13-18(23)9-8-16(21)2/h4-9,13,17,19-20,24H,3,10-12,14-15H2,1-2H3. The third-order valence-electron chi connectivity index (χ3n) is 5.06. The number of ether oxygens (including phenoxy) is 1. The smallest absolute Gasteiger partial charge is 0.125 e. The molecule has 1 heterocycles. The predicted octanol–water partition coefficient (Wildman–Crippen LogP) is 5.38. The minimum absolute atomic E-state index is 0.171. The van der Waals surface area contributed by atoms with Crippen LogP contribution in [0.3, 0.4) is 0 Å². The Balaban J connectivity index is 1.41. The topological polar surface area (TPSA) is 33.6 Å². The highest BCUT2D eigenvalue weighted by Crippen LogP contribution is 2.24. The van der Waals surface area contributed by atoms with Gasteiger partial charge in [-0.2, -0.15) is 0 Å². The quantitative estimate of drug-likeness (QED) is 0.649. The first-order valence-corrected chi connectivity index (χ1v) is 10.8. The van der Waals surface area contributed by atoms with E-state index >= 15 is 0 Å². The van der Waals surface area contributed by atoms with Crippen LogP contribution in [0, 0.1) is 18.7 Å². The van der Waals surface area contributed by atoms with Gasteiger partial charge in [0.1, 0.15) is 5.82 Å². The van der Waals surface area contributed by atoms with E-state index in [2.05, 4.69) is 36.5 Å². The van der Waals surface area contributed by atoms with E-state index in [-0.39, 0.29) is 11.9 Å². The number of aliphatic imine (C=N–C) groups is 1. The molecule has 1 aromatic rings. The van der Waals surface area contributed by atoms with Gasteiger partial charge in [0.15, 0.2) is 0 Å². The van der Waals surface area contributed by atoms with E-state index in [9.17, 15) is 4.39 Å². The molecule has 0 spiro atoms. The molecule has 0 radical (unpaired) electrons. The molecule has 3 unspecified atom stereocenters. The zero-order valence-corrected chi connectivity index (χ0v) is 17.0. The Morgan fingerprint density at radius 3 is 3.00 bits per heavy atom. The van der Waals surface area contributed by atoms with Crippen LogP contribution in [0.5, 0.6) is 0 Å². The molecular weight excluding hydrogens is 359 g/mol. The van der Waals surface area contributed by atoms with Crippen LogP contribution in [0.1, 0.15) is 31.7 Å². The van der Waals surface area contributed by atoms with Crippen molar-refractivity contribution in [2.45, 2.75) is 45.3 Å². The van der Waals surface area contributed by atoms with Gasteiger partial charge in [0.25, 0.3) is 0 Å². The Bertz CT molecular complexity index is 716. The van der Waals surface area contributed by atoms with Crippen LogP contribution in [0.15, 0.2) is 47.5 Å². The summed E-state index contributed by atoms with van der Waals surface area (Å²) in [5.74, 6) is 1.39. The highest BCUT2D eigenvalue weighted by Gasteiger charge is 2.20. The van der Waals surface area contributed by atoms with Crippen LogP contribution in [-0.4, -0.2) is 36.1 Å². The van der Waals surface area contributed by atoms with Crippen molar-refractivity contribution in [1.82, 2.24) is 0 Å². The molecule has 27 heavy (non-hydrogen) atoms. The first-order valence-electron chi connectivity index (χ1n) is 9.80. The summed E-state index contributed by atoms with van der Waals surface area (Å²) in [6.45, 7) is 5.60. The van der Waals surface area contributed by atoms with Gasteiger partial charge < -0.3 is 10.1 Å². The molecule has 0 fully saturated rings. The lowest BCUT2D eigenvalue weighted by molar-refractivity contribution is 0.103. The SMILES string of the molecule is CCC1C=CC=CC(OCC2=NC(CCNc3cc(F)ccc3C)CS2)C1. The number of thioether (sulfide) groups is 1. The molecule has 1 N–H and O–H groups in total. The van der Waals surface area contributed by atoms with Crippen LogP contribution >= 0.6 is 11.8 Å². The second kappa shape index (κ2) is 10.1. The summed E-state index contributed by atoms with van der Waals surface area (Å²) in [6.07, 6.45) is 11.9. The highest BCUT2D eigenvalue weighted by atomic mass is 32.2. The van der Waals surface area contributed by atoms with E-state index in [0.29, 0.717) is 18.6 Å². The van der Waals surface area contributed by atoms with Gasteiger partial charge in [-0.1, -0.05) is 37.3 Å². The largest absolute Gasteiger partial charge is 0.385 e. The number of hydrogen-bond donors (Lipinski definition) is 1. The monoisotopic (exact) mass is 388 g/mol. The molecule has 0 aromatic heterocycles. The van der Waals surface area contributed by atoms with Gasteiger partial charge in [-0.3, -0.25) is 4.99 Å². The summed E-state index contributed by atoms with van der Waals surface area (Å²) in [4.78, 5) is 4.81. The van der Waals surface area contributed by atoms with E-state index in [4.69, 9.17) is 9.73 Å². The normalized spacial score (nSPS) is 24.7. The molecular formula is C22H29FN2OS. The fraction of sp³-hybridized carbons (Fsp3) is 0.500. The van der Waals surface area contributed by atoms with E-state index in [1.807, 2.05) is 6.92 Å². The van der Waals surface area contributed by atoms with Crippen LogP contribution in [0.2, 0.25) is 0 Å². The average molecular weight is 389 g/mol. The molecule has 3 nitrogen and oxygen atoms in total. The van der Waals surface area contributed by atoms with Crippen molar-refractivity contribution < 1.29 is 9.13 Å². The maximum absolute atomic E-state index is 13.3. The van der Waals surface area contributed by atoms with Crippen molar-refractivity contribution in [3.05, 3.63) is 53.9 Å². The number of hydrogen-bond acceptors (Lipinski definition) is 4. The summed E-state index contributed by atoms with van der Waals surface area (Å²) < 4.78 is 19.4. The number of halogens is 1. The fourth-order valence-electron chi connectivity index (χ4n) is 3.33. The molecule has 146 valence electrons. The molecule has 3 atom stereocenters. The molecule has 2 aliphatic rings. The van der Waals surface area contributed by atoms with Gasteiger partial charge in [-0.15, -0.1) is 11.8 Å². The van der Waals surface area contributed by atoms with Crippen LogP contribution in [-0.2, 0) is 4.74 Å². The molecule has 0 amide bonds. The van der Waals surface area contributed by atoms with Crippen molar-refractivity contribution >= 4 is 22.5 Å². The summed E-state index contributed by atoms with van der Waals surface area (Å²) in [5, 5.41) is 4.43. The third-order valence-corrected chi connectivity index (χ3v) is 6.17. The minimum Gasteiger partial charge on any atom is -0.385 e. The van der Waals surface area contributed by atoms with Gasteiger partial charge in [0.05, 0.1) is 23.8 Å². The fourth-order valence-corrected chi connectivity index (χ4v) is 4.33. The second-order valence-electron chi connectivity index (χ2n) is 7.19. The summed E-state index contributed by atoms with van der Waals surface area (Å²) >= 11 is 1.80. The van der Waals surface area contributed by atoms with Crippen LogP contribution in [0.4, 0.5) is 10.1 Å². The van der Waals surface area contributed by atoms with E-state index < -0.39 is 0 Å². The van der Waals surface area contributed by atoms with E-state index in [0.717, 1.165) is 47.9 Å². The second-order valence-corrected chi connectivity index (χ2v) is 8.28. The Morgan fingerprint density at radius 1 is 1.30 bits per heavy atom. The average Bonchev–Trinajstić information content (AvgIpc) is 2.99. The number of rotatable bonds is 8. The number of benzene rings is 1. The Morgan fingerprint density at radius 2 is 2.15 bits per heavy atom. The lowest BCUT2D eigenvalue weighted by Gasteiger charge is -2.17. The first kappa shape index (κ1) is 20.2. The third kappa shape index (κ3) is 6.22. The van der Waals surface area contributed by atoms with Gasteiger partial charge in [-0.05, 0) is 49.8 Å². The lowest BCUT2D eigenvalue weighted by Crippen LogP contribution is -2.17. The summed E-state index contributed by atoms with van der Waals surface area (Å²) in [5.41, 5.74) is 1.93. The predicted molar refractivity (Wildman–Crippen MR) is 114 cm³/mol. The molecule has 1 aliphatic carbocycles. The Labute approximate surface area is 166 Å². The summed E-state index contributed by atoms with van der Waals surface area (Å²) in [7, 11) is 0. The van der Waals surface area contributed by atoms with Crippen LogP contribution in [0.25, 0.3) is 0 Å². The van der Waals surface area contributed by atoms with Gasteiger partial charge in [0, 0.05) is 18.0 Å². The maximum Gasteiger partial charge on any atom is 0.125 e. The molecule has 3 rings (SSSR count). The molecule has 0 bridgehead atoms. The number of aryl methyl sites for hydroxylation is 1. The van der Waals surface area contributed by atoms with Gasteiger partial charge >= 0.3 is 0 Å². The molecule has 1 aromatic carbocycles. The Hall–Kier alpha value is -1.59. The molecule has 1 aliphatic heterocycles. The molecule has 5 heteroatoms. The number of allylic oxidation sites excluding steroid dienone is 3. The number of nitrogens with one attached hydrogen (secondary N) is 1. The summed E-state index contributed by atoms with van der Waals surface area (Å²) in [6, 6.07) is 5.16. The molecule has 0 saturated heterocycles. The van der Waals surface area contributed by atoms with Crippen molar-refractivity contribution in [3.8, 4) is 0 Å². The van der Waals surface area contributed by atoms with Crippen molar-refractivity contribution in [2.24, 2.45) is 10.9 Å². The number of anilines is 1. The zero-order valence-electron chi connectivity index (χ0n) is 16.2. The van der Waals surface area contributed by atoms with E-state index in [1.165, 1.54) is 6.07 Å². The van der Waals surface area contributed by atoms with Crippen molar-refractivity contribution in [1.29, 1.82) is 0 Å². The Kier molecular flexibility index (Phi) is 7.53. The minimum atomic E-state index is -0.204. The van der Waals surface area contributed by atoms with Crippen molar-refractivity contribution in [3.63, 3.8) is 0 Å². The maximum atomic E-state index is 13.3. The van der Waals surface area contributed by atoms with Crippen molar-refractivity contribution in [2.75, 3.05) is 24.2 Å².